The number of nitrogens with zero attached hydrogens (tertiary/aromatic N) is 2. The summed E-state index contributed by atoms with van der Waals surface area (Å²) in [6, 6.07) is 0. The van der Waals surface area contributed by atoms with Gasteiger partial charge in [-0.05, 0) is 0 Å². The fourth-order valence-electron chi connectivity index (χ4n) is 1.41. The average Bonchev–Trinajstić information content (AvgIpc) is 2.08. The van der Waals surface area contributed by atoms with Gasteiger partial charge in [0.15, 0.2) is 0 Å². The van der Waals surface area contributed by atoms with Crippen molar-refractivity contribution in [2.24, 2.45) is 5.92 Å². The molecule has 14 heavy (non-hydrogen) atoms. The van der Waals surface area contributed by atoms with Crippen molar-refractivity contribution in [3.63, 3.8) is 0 Å². The Kier molecular flexibility index (Phi) is 2.37. The summed E-state index contributed by atoms with van der Waals surface area (Å²) in [7, 11) is 0. The van der Waals surface area contributed by atoms with E-state index in [-0.39, 0.29) is 5.70 Å². The molecule has 0 saturated heterocycles. The first-order valence-corrected chi connectivity index (χ1v) is 4.08. The molecule has 0 bridgehead atoms. The molecular weight excluding hydrogens is 188 g/mol. The fraction of sp³-hybridized carbons (Fsp3) is 0.500. The van der Waals surface area contributed by atoms with Crippen molar-refractivity contribution in [2.75, 3.05) is 0 Å². The summed E-state index contributed by atoms with van der Waals surface area (Å²) >= 11 is 0. The van der Waals surface area contributed by atoms with Gasteiger partial charge in [0, 0.05) is 17.9 Å². The second-order valence-corrected chi connectivity index (χ2v) is 3.39. The summed E-state index contributed by atoms with van der Waals surface area (Å²) in [5.41, 5.74) is -1.99. The van der Waals surface area contributed by atoms with Crippen LogP contribution in [0.3, 0.4) is 0 Å². The maximum atomic E-state index is 10.8. The van der Waals surface area contributed by atoms with Crippen LogP contribution in [0.15, 0.2) is 23.9 Å². The third-order valence-corrected chi connectivity index (χ3v) is 2.64. The summed E-state index contributed by atoms with van der Waals surface area (Å²) in [6.07, 6.45) is 4.26. The molecule has 0 spiro atoms. The highest BCUT2D eigenvalue weighted by Crippen LogP contribution is 2.33. The highest BCUT2D eigenvalue weighted by Gasteiger charge is 2.54. The van der Waals surface area contributed by atoms with Crippen molar-refractivity contribution in [1.82, 2.24) is 0 Å². The molecule has 0 N–H and O–H groups in total. The molecule has 0 heterocycles. The van der Waals surface area contributed by atoms with Crippen LogP contribution >= 0.6 is 0 Å². The molecule has 6 nitrogen and oxygen atoms in total. The zero-order valence-electron chi connectivity index (χ0n) is 7.84. The van der Waals surface area contributed by atoms with Gasteiger partial charge in [0.05, 0.1) is 10.8 Å². The van der Waals surface area contributed by atoms with Gasteiger partial charge >= 0.3 is 11.2 Å². The summed E-state index contributed by atoms with van der Waals surface area (Å²) in [5, 5.41) is 21.4. The van der Waals surface area contributed by atoms with E-state index in [0.29, 0.717) is 0 Å². The monoisotopic (exact) mass is 198 g/mol. The lowest BCUT2D eigenvalue weighted by atomic mass is 9.81. The van der Waals surface area contributed by atoms with Crippen molar-refractivity contribution < 1.29 is 9.85 Å². The third kappa shape index (κ3) is 1.28. The van der Waals surface area contributed by atoms with E-state index in [4.69, 9.17) is 0 Å². The van der Waals surface area contributed by atoms with E-state index in [1.54, 1.807) is 13.0 Å². The van der Waals surface area contributed by atoms with Gasteiger partial charge in [0.1, 0.15) is 0 Å². The topological polar surface area (TPSA) is 86.3 Å². The predicted octanol–water partition coefficient (Wildman–Crippen LogP) is 1.39. The van der Waals surface area contributed by atoms with E-state index in [1.807, 2.05) is 0 Å². The van der Waals surface area contributed by atoms with Crippen LogP contribution in [-0.2, 0) is 0 Å². The Labute approximate surface area is 80.2 Å². The van der Waals surface area contributed by atoms with Crippen molar-refractivity contribution in [1.29, 1.82) is 0 Å². The SMILES string of the molecule is CC1C=CC=C([N+](=O)[O-])C1(C)[N+](=O)[O-]. The Hall–Kier alpha value is -1.72. The van der Waals surface area contributed by atoms with E-state index in [0.717, 1.165) is 0 Å². The van der Waals surface area contributed by atoms with Crippen LogP contribution < -0.4 is 0 Å². The molecule has 0 aromatic rings. The lowest BCUT2D eigenvalue weighted by Crippen LogP contribution is -2.46. The van der Waals surface area contributed by atoms with Crippen molar-refractivity contribution >= 4 is 0 Å². The van der Waals surface area contributed by atoms with Crippen LogP contribution in [0.1, 0.15) is 13.8 Å². The lowest BCUT2D eigenvalue weighted by molar-refractivity contribution is -0.599. The summed E-state index contributed by atoms with van der Waals surface area (Å²) in [4.78, 5) is 20.2. The zero-order chi connectivity index (χ0) is 10.9. The molecule has 2 unspecified atom stereocenters. The molecule has 0 amide bonds. The Bertz CT molecular complexity index is 347. The van der Waals surface area contributed by atoms with Crippen molar-refractivity contribution in [2.45, 2.75) is 19.4 Å². The largest absolute Gasteiger partial charge is 0.322 e. The van der Waals surface area contributed by atoms with Gasteiger partial charge in [0.2, 0.25) is 0 Å². The molecule has 0 fully saturated rings. The molecular formula is C8H10N2O4. The third-order valence-electron chi connectivity index (χ3n) is 2.64. The van der Waals surface area contributed by atoms with Gasteiger partial charge in [-0.25, -0.2) is 0 Å². The second-order valence-electron chi connectivity index (χ2n) is 3.39. The second kappa shape index (κ2) is 3.21. The summed E-state index contributed by atoms with van der Waals surface area (Å²) in [5.74, 6) is -0.483. The standard InChI is InChI=1S/C8H10N2O4/c1-6-4-3-5-7(9(11)12)8(6,2)10(13)14/h3-6H,1-2H3. The Morgan fingerprint density at radius 1 is 1.43 bits per heavy atom. The summed E-state index contributed by atoms with van der Waals surface area (Å²) < 4.78 is 0. The van der Waals surface area contributed by atoms with Crippen LogP contribution in [0.25, 0.3) is 0 Å². The van der Waals surface area contributed by atoms with Crippen LogP contribution in [0.4, 0.5) is 0 Å². The van der Waals surface area contributed by atoms with E-state index in [2.05, 4.69) is 0 Å². The number of hydrogen-bond acceptors (Lipinski definition) is 4. The van der Waals surface area contributed by atoms with Gasteiger partial charge in [-0.3, -0.25) is 20.2 Å². The van der Waals surface area contributed by atoms with Crippen LogP contribution in [0.2, 0.25) is 0 Å². The molecule has 0 aromatic carbocycles. The Morgan fingerprint density at radius 2 is 2.00 bits per heavy atom. The predicted molar refractivity (Wildman–Crippen MR) is 48.8 cm³/mol. The average molecular weight is 198 g/mol. The Morgan fingerprint density at radius 3 is 2.36 bits per heavy atom. The number of hydrogen-bond donors (Lipinski definition) is 0. The van der Waals surface area contributed by atoms with E-state index < -0.39 is 21.3 Å². The minimum absolute atomic E-state index is 0.363. The molecule has 76 valence electrons. The molecule has 1 aliphatic carbocycles. The van der Waals surface area contributed by atoms with Gasteiger partial charge in [-0.1, -0.05) is 19.1 Å². The first-order chi connectivity index (χ1) is 6.40. The maximum Gasteiger partial charge on any atom is 0.322 e. The minimum Gasteiger partial charge on any atom is -0.263 e. The highest BCUT2D eigenvalue weighted by atomic mass is 16.6. The van der Waals surface area contributed by atoms with Gasteiger partial charge in [-0.15, -0.1) is 0 Å². The van der Waals surface area contributed by atoms with Gasteiger partial charge < -0.3 is 0 Å². The van der Waals surface area contributed by atoms with Gasteiger partial charge in [-0.2, -0.15) is 0 Å². The molecule has 0 radical (unpaired) electrons. The summed E-state index contributed by atoms with van der Waals surface area (Å²) in [6.45, 7) is 2.87. The number of allylic oxidation sites excluding steroid dienone is 2. The quantitative estimate of drug-likeness (QED) is 0.495. The number of rotatable bonds is 2. The molecule has 6 heteroatoms. The molecule has 2 atom stereocenters. The first kappa shape index (κ1) is 10.4. The Balaban J connectivity index is 3.25. The zero-order valence-corrected chi connectivity index (χ0v) is 7.84. The van der Waals surface area contributed by atoms with E-state index in [9.17, 15) is 20.2 Å². The lowest BCUT2D eigenvalue weighted by Gasteiger charge is -2.24. The normalized spacial score (nSPS) is 31.0. The highest BCUT2D eigenvalue weighted by molar-refractivity contribution is 5.24. The van der Waals surface area contributed by atoms with Gasteiger partial charge in [0.25, 0.3) is 0 Å². The van der Waals surface area contributed by atoms with Crippen molar-refractivity contribution in [3.05, 3.63) is 44.2 Å². The molecule has 0 saturated carbocycles. The van der Waals surface area contributed by atoms with Crippen LogP contribution in [0.5, 0.6) is 0 Å². The maximum absolute atomic E-state index is 10.8. The first-order valence-electron chi connectivity index (χ1n) is 4.08. The molecule has 1 rings (SSSR count). The van der Waals surface area contributed by atoms with Crippen molar-refractivity contribution in [3.8, 4) is 0 Å². The van der Waals surface area contributed by atoms with Crippen LogP contribution in [0, 0.1) is 26.1 Å². The molecule has 0 aliphatic heterocycles. The van der Waals surface area contributed by atoms with Crippen LogP contribution in [-0.4, -0.2) is 15.4 Å². The minimum atomic E-state index is -1.63. The number of nitro groups is 2. The fourth-order valence-corrected chi connectivity index (χ4v) is 1.41. The van der Waals surface area contributed by atoms with E-state index >= 15 is 0 Å². The molecule has 0 aromatic heterocycles. The smallest absolute Gasteiger partial charge is 0.263 e. The van der Waals surface area contributed by atoms with E-state index in [1.165, 1.54) is 19.1 Å². The molecule has 1 aliphatic rings.